The van der Waals surface area contributed by atoms with E-state index in [4.69, 9.17) is 17.2 Å². The van der Waals surface area contributed by atoms with Gasteiger partial charge >= 0.3 is 0 Å². The minimum absolute atomic E-state index is 0.0642. The number of nitrogens with zero attached hydrogens (tertiary/aromatic N) is 3. The highest BCUT2D eigenvalue weighted by atomic mass is 16.1. The lowest BCUT2D eigenvalue weighted by Gasteiger charge is -2.04. The molecule has 7 N–H and O–H groups in total. The summed E-state index contributed by atoms with van der Waals surface area (Å²) in [6.07, 6.45) is 1.60. The number of rotatable bonds is 3. The lowest BCUT2D eigenvalue weighted by Crippen LogP contribution is -2.26. The fourth-order valence-corrected chi connectivity index (χ4v) is 1.60. The van der Waals surface area contributed by atoms with Crippen molar-refractivity contribution in [3.63, 3.8) is 0 Å². The molecular formula is C14H15N7O. The molecule has 0 bridgehead atoms. The first-order valence-electron chi connectivity index (χ1n) is 6.31. The molecule has 1 aromatic carbocycles. The number of aromatic nitrogens is 1. The van der Waals surface area contributed by atoms with Crippen LogP contribution in [0.4, 0.5) is 11.5 Å². The molecular weight excluding hydrogens is 282 g/mol. The monoisotopic (exact) mass is 297 g/mol. The highest BCUT2D eigenvalue weighted by Crippen LogP contribution is 2.14. The number of aliphatic imine (C=N–C) groups is 2. The molecule has 1 heterocycles. The number of anilines is 1. The Kier molecular flexibility index (Phi) is 4.66. The van der Waals surface area contributed by atoms with Crippen LogP contribution < -0.4 is 22.5 Å². The van der Waals surface area contributed by atoms with Crippen LogP contribution in [-0.2, 0) is 0 Å². The molecule has 0 saturated carbocycles. The van der Waals surface area contributed by atoms with E-state index in [1.54, 1.807) is 48.7 Å². The van der Waals surface area contributed by atoms with Crippen molar-refractivity contribution in [3.05, 3.63) is 54.2 Å². The van der Waals surface area contributed by atoms with Crippen molar-refractivity contribution in [2.45, 2.75) is 0 Å². The third kappa shape index (κ3) is 4.30. The Hall–Kier alpha value is -3.42. The summed E-state index contributed by atoms with van der Waals surface area (Å²) in [6.45, 7) is 0. The Morgan fingerprint density at radius 2 is 1.77 bits per heavy atom. The minimum atomic E-state index is -0.272. The Bertz CT molecular complexity index is 704. The number of hydrogen-bond acceptors (Lipinski definition) is 3. The summed E-state index contributed by atoms with van der Waals surface area (Å²) in [5, 5.41) is 2.68. The van der Waals surface area contributed by atoms with E-state index in [1.165, 1.54) is 0 Å². The van der Waals surface area contributed by atoms with Crippen LogP contribution in [0.1, 0.15) is 10.4 Å². The Morgan fingerprint density at radius 3 is 2.36 bits per heavy atom. The van der Waals surface area contributed by atoms with Gasteiger partial charge in [-0.25, -0.2) is 9.98 Å². The first-order chi connectivity index (χ1) is 10.5. The zero-order valence-corrected chi connectivity index (χ0v) is 11.6. The molecule has 0 saturated heterocycles. The zero-order valence-electron chi connectivity index (χ0n) is 11.6. The summed E-state index contributed by atoms with van der Waals surface area (Å²) in [7, 11) is 0. The van der Waals surface area contributed by atoms with E-state index in [-0.39, 0.29) is 17.8 Å². The van der Waals surface area contributed by atoms with E-state index in [9.17, 15) is 4.79 Å². The van der Waals surface area contributed by atoms with Gasteiger partial charge in [0.15, 0.2) is 5.96 Å². The van der Waals surface area contributed by atoms with E-state index in [2.05, 4.69) is 20.3 Å². The highest BCUT2D eigenvalue weighted by molar-refractivity contribution is 6.04. The fraction of sp³-hybridized carbons (Fsp3) is 0. The maximum absolute atomic E-state index is 12.0. The Labute approximate surface area is 126 Å². The van der Waals surface area contributed by atoms with Crippen LogP contribution in [0.25, 0.3) is 0 Å². The number of nitrogens with two attached hydrogens (primary N) is 3. The van der Waals surface area contributed by atoms with Crippen molar-refractivity contribution in [2.24, 2.45) is 27.2 Å². The zero-order chi connectivity index (χ0) is 15.9. The van der Waals surface area contributed by atoms with Crippen molar-refractivity contribution >= 4 is 29.3 Å². The Balaban J connectivity index is 2.09. The average Bonchev–Trinajstić information content (AvgIpc) is 2.48. The molecule has 0 aliphatic heterocycles. The van der Waals surface area contributed by atoms with Crippen molar-refractivity contribution < 1.29 is 4.79 Å². The maximum atomic E-state index is 12.0. The third-order valence-corrected chi connectivity index (χ3v) is 2.52. The SMILES string of the molecule is NC(N)=NC(N)=Nc1ccc(C(=O)Nc2ccccn2)cc1. The smallest absolute Gasteiger partial charge is 0.256 e. The van der Waals surface area contributed by atoms with Gasteiger partial charge in [-0.1, -0.05) is 6.07 Å². The summed E-state index contributed by atoms with van der Waals surface area (Å²) in [5.41, 5.74) is 16.9. The lowest BCUT2D eigenvalue weighted by molar-refractivity contribution is 0.102. The van der Waals surface area contributed by atoms with Gasteiger partial charge in [0.1, 0.15) is 5.82 Å². The standard InChI is InChI=1S/C14H15N7O/c15-13(16)21-14(17)19-10-6-4-9(5-7-10)12(22)20-11-3-1-2-8-18-11/h1-8H,(H,18,20,22)(H6,15,16,17,19,21). The van der Waals surface area contributed by atoms with Gasteiger partial charge in [-0.3, -0.25) is 4.79 Å². The van der Waals surface area contributed by atoms with Gasteiger partial charge < -0.3 is 22.5 Å². The Morgan fingerprint density at radius 1 is 1.05 bits per heavy atom. The van der Waals surface area contributed by atoms with E-state index >= 15 is 0 Å². The number of carbonyl (C=O) groups excluding carboxylic acids is 1. The molecule has 0 radical (unpaired) electrons. The van der Waals surface area contributed by atoms with E-state index in [0.717, 1.165) is 0 Å². The predicted octanol–water partition coefficient (Wildman–Crippen LogP) is 0.554. The summed E-state index contributed by atoms with van der Waals surface area (Å²) in [5.74, 6) is -0.0312. The highest BCUT2D eigenvalue weighted by Gasteiger charge is 2.06. The van der Waals surface area contributed by atoms with Crippen LogP contribution in [0.15, 0.2) is 58.6 Å². The molecule has 0 spiro atoms. The third-order valence-electron chi connectivity index (χ3n) is 2.52. The van der Waals surface area contributed by atoms with Crippen molar-refractivity contribution in [2.75, 3.05) is 5.32 Å². The van der Waals surface area contributed by atoms with Gasteiger partial charge in [0.05, 0.1) is 5.69 Å². The molecule has 112 valence electrons. The van der Waals surface area contributed by atoms with Gasteiger partial charge in [0, 0.05) is 11.8 Å². The minimum Gasteiger partial charge on any atom is -0.370 e. The second-order valence-corrected chi connectivity index (χ2v) is 4.22. The van der Waals surface area contributed by atoms with Gasteiger partial charge in [-0.15, -0.1) is 0 Å². The molecule has 22 heavy (non-hydrogen) atoms. The van der Waals surface area contributed by atoms with E-state index < -0.39 is 0 Å². The van der Waals surface area contributed by atoms with Crippen molar-refractivity contribution in [3.8, 4) is 0 Å². The average molecular weight is 297 g/mol. The second-order valence-electron chi connectivity index (χ2n) is 4.22. The molecule has 2 rings (SSSR count). The van der Waals surface area contributed by atoms with Crippen LogP contribution in [0.5, 0.6) is 0 Å². The summed E-state index contributed by atoms with van der Waals surface area (Å²) < 4.78 is 0. The van der Waals surface area contributed by atoms with Crippen LogP contribution >= 0.6 is 0 Å². The number of amides is 1. The van der Waals surface area contributed by atoms with Crippen LogP contribution in [0.3, 0.4) is 0 Å². The number of nitrogens with one attached hydrogen (secondary N) is 1. The number of guanidine groups is 2. The summed E-state index contributed by atoms with van der Waals surface area (Å²) >= 11 is 0. The van der Waals surface area contributed by atoms with Crippen molar-refractivity contribution in [1.29, 1.82) is 0 Å². The van der Waals surface area contributed by atoms with E-state index in [0.29, 0.717) is 17.1 Å². The van der Waals surface area contributed by atoms with Gasteiger partial charge in [-0.05, 0) is 36.4 Å². The molecule has 0 unspecified atom stereocenters. The number of pyridine rings is 1. The molecule has 1 amide bonds. The molecule has 0 atom stereocenters. The van der Waals surface area contributed by atoms with Crippen LogP contribution in [-0.4, -0.2) is 22.8 Å². The van der Waals surface area contributed by atoms with Crippen molar-refractivity contribution in [1.82, 2.24) is 4.98 Å². The normalized spacial score (nSPS) is 10.8. The number of hydrogen-bond donors (Lipinski definition) is 4. The molecule has 8 nitrogen and oxygen atoms in total. The molecule has 0 fully saturated rings. The first kappa shape index (κ1) is 15.0. The molecule has 0 aliphatic rings. The summed E-state index contributed by atoms with van der Waals surface area (Å²) in [6, 6.07) is 11.7. The van der Waals surface area contributed by atoms with Gasteiger partial charge in [-0.2, -0.15) is 4.99 Å². The molecule has 0 aliphatic carbocycles. The fourth-order valence-electron chi connectivity index (χ4n) is 1.60. The van der Waals surface area contributed by atoms with Crippen LogP contribution in [0.2, 0.25) is 0 Å². The number of benzene rings is 1. The van der Waals surface area contributed by atoms with E-state index in [1.807, 2.05) is 0 Å². The molecule has 1 aromatic heterocycles. The number of carbonyl (C=O) groups is 1. The topological polar surface area (TPSA) is 145 Å². The first-order valence-corrected chi connectivity index (χ1v) is 6.31. The molecule has 8 heteroatoms. The quantitative estimate of drug-likeness (QED) is 0.483. The maximum Gasteiger partial charge on any atom is 0.256 e. The predicted molar refractivity (Wildman–Crippen MR) is 85.7 cm³/mol. The van der Waals surface area contributed by atoms with Gasteiger partial charge in [0.2, 0.25) is 5.96 Å². The summed E-state index contributed by atoms with van der Waals surface area (Å²) in [4.78, 5) is 23.6. The van der Waals surface area contributed by atoms with Gasteiger partial charge in [0.25, 0.3) is 5.91 Å². The lowest BCUT2D eigenvalue weighted by atomic mass is 10.2. The molecule has 2 aromatic rings. The largest absolute Gasteiger partial charge is 0.370 e. The second kappa shape index (κ2) is 6.84. The van der Waals surface area contributed by atoms with Crippen LogP contribution in [0, 0.1) is 0 Å².